The Morgan fingerprint density at radius 2 is 1.52 bits per heavy atom. The highest BCUT2D eigenvalue weighted by Crippen LogP contribution is 2.27. The van der Waals surface area contributed by atoms with Crippen molar-refractivity contribution in [3.8, 4) is 0 Å². The average molecular weight is 394 g/mol. The normalized spacial score (nSPS) is 12.6. The molecule has 0 heterocycles. The van der Waals surface area contributed by atoms with Crippen molar-refractivity contribution < 1.29 is 9.44 Å². The number of hydrogen-bond acceptors (Lipinski definition) is 2. The number of amides is 1. The van der Waals surface area contributed by atoms with Gasteiger partial charge in [-0.05, 0) is 23.7 Å². The first kappa shape index (κ1) is 24.3. The Hall–Kier alpha value is -0.760. The van der Waals surface area contributed by atoms with Gasteiger partial charge >= 0.3 is 5.65 Å². The Morgan fingerprint density at radius 3 is 2.11 bits per heavy atom. The minimum absolute atomic E-state index is 0.0395. The molecule has 0 aromatic heterocycles. The smallest absolute Gasteiger partial charge is 0.334 e. The number of hydrogen-bond donors (Lipinski definition) is 0. The van der Waals surface area contributed by atoms with Crippen LogP contribution in [0.25, 0.3) is 0 Å². The van der Waals surface area contributed by atoms with E-state index in [9.17, 15) is 10.0 Å². The van der Waals surface area contributed by atoms with Gasteiger partial charge in [0.15, 0.2) is 0 Å². The van der Waals surface area contributed by atoms with Crippen LogP contribution in [0.5, 0.6) is 0 Å². The third-order valence-electron chi connectivity index (χ3n) is 4.75. The van der Waals surface area contributed by atoms with Gasteiger partial charge < -0.3 is 5.21 Å². The summed E-state index contributed by atoms with van der Waals surface area (Å²) in [6.07, 6.45) is 8.62. The van der Waals surface area contributed by atoms with Crippen molar-refractivity contribution in [1.82, 2.24) is 0 Å². The molecule has 1 atom stereocenters. The third kappa shape index (κ3) is 9.32. The minimum Gasteiger partial charge on any atom is -0.625 e. The van der Waals surface area contributed by atoms with Crippen molar-refractivity contribution in [2.45, 2.75) is 79.6 Å². The molecular weight excluding hydrogens is 353 g/mol. The van der Waals surface area contributed by atoms with Crippen LogP contribution in [-0.4, -0.2) is 23.4 Å². The average Bonchev–Trinajstić information content (AvgIpc) is 2.57. The van der Waals surface area contributed by atoms with Crippen molar-refractivity contribution in [1.29, 1.82) is 0 Å². The number of hydroxylamine groups is 3. The van der Waals surface area contributed by atoms with Crippen LogP contribution in [-0.2, 0) is 6.42 Å². The summed E-state index contributed by atoms with van der Waals surface area (Å²) < 4.78 is -0.681. The molecule has 0 N–H and O–H groups in total. The summed E-state index contributed by atoms with van der Waals surface area (Å²) in [4.78, 5) is 13.0. The first-order chi connectivity index (χ1) is 12.8. The summed E-state index contributed by atoms with van der Waals surface area (Å²) in [7, 11) is -0.0395. The van der Waals surface area contributed by atoms with Crippen LogP contribution in [0.4, 0.5) is 4.79 Å². The van der Waals surface area contributed by atoms with Gasteiger partial charge in [-0.2, -0.15) is 0 Å². The summed E-state index contributed by atoms with van der Waals surface area (Å²) in [6, 6.07) is 8.21. The lowest BCUT2D eigenvalue weighted by Gasteiger charge is -2.42. The van der Waals surface area contributed by atoms with E-state index in [1.54, 1.807) is 0 Å². The van der Waals surface area contributed by atoms with E-state index in [0.29, 0.717) is 13.1 Å². The van der Waals surface area contributed by atoms with E-state index in [4.69, 9.17) is 0 Å². The van der Waals surface area contributed by atoms with Crippen molar-refractivity contribution >= 4 is 19.5 Å². The zero-order chi connectivity index (χ0) is 20.3. The first-order valence-corrected chi connectivity index (χ1v) is 11.8. The van der Waals surface area contributed by atoms with Gasteiger partial charge in [0.25, 0.3) is 0 Å². The highest BCUT2D eigenvalue weighted by atomic mass is 31.1. The monoisotopic (exact) mass is 393 g/mol. The summed E-state index contributed by atoms with van der Waals surface area (Å²) in [5.41, 5.74) is 1.09. The summed E-state index contributed by atoms with van der Waals surface area (Å²) in [6.45, 7) is 11.1. The number of nitrogens with zero attached hydrogens (tertiary/aromatic N) is 1. The second kappa shape index (κ2) is 12.6. The number of aryl methyl sites for hydroxylation is 1. The van der Waals surface area contributed by atoms with Gasteiger partial charge in [-0.25, -0.2) is 4.79 Å². The van der Waals surface area contributed by atoms with Crippen LogP contribution in [0.3, 0.4) is 0 Å². The van der Waals surface area contributed by atoms with Crippen molar-refractivity contribution in [3.63, 3.8) is 0 Å². The molecule has 1 aromatic carbocycles. The van der Waals surface area contributed by atoms with E-state index in [2.05, 4.69) is 13.0 Å². The van der Waals surface area contributed by atoms with Gasteiger partial charge in [0, 0.05) is 20.4 Å². The second-order valence-corrected chi connectivity index (χ2v) is 9.86. The topological polar surface area (TPSA) is 40.1 Å². The molecule has 1 unspecified atom stereocenters. The van der Waals surface area contributed by atoms with E-state index in [-0.39, 0.29) is 26.1 Å². The Bertz CT molecular complexity index is 547. The van der Waals surface area contributed by atoms with E-state index >= 15 is 0 Å². The van der Waals surface area contributed by atoms with E-state index in [0.717, 1.165) is 18.1 Å². The first-order valence-electron chi connectivity index (χ1n) is 10.8. The zero-order valence-electron chi connectivity index (χ0n) is 18.1. The van der Waals surface area contributed by atoms with E-state index in [1.165, 1.54) is 37.7 Å². The minimum atomic E-state index is -0.681. The van der Waals surface area contributed by atoms with Gasteiger partial charge in [-0.15, -0.1) is 0 Å². The van der Waals surface area contributed by atoms with Gasteiger partial charge in [-0.1, -0.05) is 91.0 Å². The van der Waals surface area contributed by atoms with Crippen LogP contribution in [0.15, 0.2) is 24.3 Å². The van der Waals surface area contributed by atoms with Crippen molar-refractivity contribution in [2.24, 2.45) is 11.8 Å². The largest absolute Gasteiger partial charge is 0.625 e. The van der Waals surface area contributed by atoms with Crippen molar-refractivity contribution in [2.75, 3.05) is 13.1 Å². The number of carbonyl (C=O) groups excluding carboxylic acids is 1. The molecule has 0 fully saturated rings. The van der Waals surface area contributed by atoms with Gasteiger partial charge in [-0.3, -0.25) is 4.65 Å². The van der Waals surface area contributed by atoms with E-state index in [1.807, 2.05) is 45.9 Å². The fraction of sp³-hybridized carbons (Fsp3) is 0.696. The predicted molar refractivity (Wildman–Crippen MR) is 120 cm³/mol. The number of rotatable bonds is 13. The number of carbonyl (C=O) groups is 1. The molecule has 1 rings (SSSR count). The molecule has 27 heavy (non-hydrogen) atoms. The van der Waals surface area contributed by atoms with Crippen molar-refractivity contribution in [3.05, 3.63) is 35.0 Å². The highest BCUT2D eigenvalue weighted by molar-refractivity contribution is 7.64. The van der Waals surface area contributed by atoms with Crippen LogP contribution < -0.4 is 5.30 Å². The third-order valence-corrected chi connectivity index (χ3v) is 6.13. The summed E-state index contributed by atoms with van der Waals surface area (Å²) in [5.74, 6) is 0.432. The van der Waals surface area contributed by atoms with Crippen LogP contribution in [0, 0.1) is 17.0 Å². The molecule has 0 spiro atoms. The van der Waals surface area contributed by atoms with Gasteiger partial charge in [0.2, 0.25) is 0 Å². The fourth-order valence-electron chi connectivity index (χ4n) is 3.59. The molecule has 0 bridgehead atoms. The van der Waals surface area contributed by atoms with Crippen LogP contribution >= 0.6 is 8.58 Å². The van der Waals surface area contributed by atoms with Crippen LogP contribution in [0.1, 0.15) is 78.7 Å². The lowest BCUT2D eigenvalue weighted by atomic mass is 10.1. The Morgan fingerprint density at radius 1 is 0.963 bits per heavy atom. The van der Waals surface area contributed by atoms with Gasteiger partial charge in [0.1, 0.15) is 0 Å². The summed E-state index contributed by atoms with van der Waals surface area (Å²) in [5, 5.41) is 14.4. The lowest BCUT2D eigenvalue weighted by molar-refractivity contribution is -0.800. The molecule has 0 saturated heterocycles. The molecule has 4 heteroatoms. The quantitative estimate of drug-likeness (QED) is 0.163. The zero-order valence-corrected chi connectivity index (χ0v) is 19.1. The highest BCUT2D eigenvalue weighted by Gasteiger charge is 2.30. The number of unbranched alkanes of at least 4 members (excludes halogenated alkanes) is 5. The molecule has 3 nitrogen and oxygen atoms in total. The molecule has 154 valence electrons. The molecule has 0 aliphatic rings. The van der Waals surface area contributed by atoms with E-state index < -0.39 is 4.65 Å². The molecule has 0 aliphatic carbocycles. The molecule has 1 amide bonds. The molecule has 1 aromatic rings. The lowest BCUT2D eigenvalue weighted by Crippen LogP contribution is -2.50. The number of quaternary nitrogens is 1. The second-order valence-electron chi connectivity index (χ2n) is 8.65. The molecule has 0 radical (unpaired) electrons. The van der Waals surface area contributed by atoms with Crippen LogP contribution in [0.2, 0.25) is 0 Å². The maximum Gasteiger partial charge on any atom is 0.334 e. The maximum atomic E-state index is 13.3. The maximum absolute atomic E-state index is 13.3. The standard InChI is InChI=1S/C23H40NO2P/c1-6-7-8-9-10-11-14-21-15-12-13-16-22(21)27-23(25)24(26,17-19(2)3)18-20(4)5/h12-13,15-16,19-20,27H,6-11,14,17-18H2,1-5H3. The Kier molecular flexibility index (Phi) is 11.4. The predicted octanol–water partition coefficient (Wildman–Crippen LogP) is 6.64. The Labute approximate surface area is 168 Å². The van der Waals surface area contributed by atoms with Gasteiger partial charge in [0.05, 0.1) is 13.1 Å². The number of benzene rings is 1. The fourth-order valence-corrected chi connectivity index (χ4v) is 4.76. The SMILES string of the molecule is CCCCCCCCc1ccccc1PC(=O)[N+]([O-])(CC(C)C)CC(C)C. The molecular formula is C23H40NO2P. The molecule has 0 saturated carbocycles. The Balaban J connectivity index is 2.74. The molecule has 0 aliphatic heterocycles. The summed E-state index contributed by atoms with van der Waals surface area (Å²) >= 11 is 0.